The second-order valence-corrected chi connectivity index (χ2v) is 2.35. The minimum absolute atomic E-state index is 0.345. The van der Waals surface area contributed by atoms with Gasteiger partial charge in [-0.2, -0.15) is 5.90 Å². The van der Waals surface area contributed by atoms with E-state index in [1.54, 1.807) is 0 Å². The van der Waals surface area contributed by atoms with Crippen molar-refractivity contribution in [3.63, 3.8) is 0 Å². The van der Waals surface area contributed by atoms with Gasteiger partial charge < -0.3 is 15.3 Å². The molecule has 1 rings (SSSR count). The Morgan fingerprint density at radius 2 is 2.08 bits per heavy atom. The summed E-state index contributed by atoms with van der Waals surface area (Å²) in [7, 11) is 1.45. The van der Waals surface area contributed by atoms with Crippen molar-refractivity contribution >= 4 is 5.91 Å². The predicted octanol–water partition coefficient (Wildman–Crippen LogP) is 0.0466. The Kier molecular flexibility index (Phi) is 2.71. The van der Waals surface area contributed by atoms with E-state index in [0.29, 0.717) is 17.1 Å². The fourth-order valence-electron chi connectivity index (χ4n) is 0.918. The third-order valence-corrected chi connectivity index (χ3v) is 1.58. The Labute approximate surface area is 75.2 Å². The van der Waals surface area contributed by atoms with E-state index in [9.17, 15) is 4.79 Å². The van der Waals surface area contributed by atoms with Gasteiger partial charge in [0.05, 0.1) is 7.11 Å². The van der Waals surface area contributed by atoms with E-state index in [1.807, 2.05) is 0 Å². The molecule has 0 bridgehead atoms. The van der Waals surface area contributed by atoms with Crippen LogP contribution in [0.5, 0.6) is 11.5 Å². The molecule has 0 spiro atoms. The van der Waals surface area contributed by atoms with E-state index in [4.69, 9.17) is 16.4 Å². The Morgan fingerprint density at radius 3 is 2.54 bits per heavy atom. The van der Waals surface area contributed by atoms with Gasteiger partial charge in [0.25, 0.3) is 0 Å². The quantitative estimate of drug-likeness (QED) is 0.646. The molecule has 1 aromatic carbocycles. The smallest absolute Gasteiger partial charge is 0.248 e. The Balaban J connectivity index is 3.13. The lowest BCUT2D eigenvalue weighted by Gasteiger charge is -2.06. The van der Waals surface area contributed by atoms with Gasteiger partial charge in [-0.25, -0.2) is 0 Å². The number of nitrogens with two attached hydrogens (primary N) is 2. The van der Waals surface area contributed by atoms with Crippen LogP contribution in [0.3, 0.4) is 0 Å². The van der Waals surface area contributed by atoms with Crippen molar-refractivity contribution in [2.75, 3.05) is 7.11 Å². The molecule has 0 fully saturated rings. The average molecular weight is 182 g/mol. The largest absolute Gasteiger partial charge is 0.493 e. The highest BCUT2D eigenvalue weighted by atomic mass is 16.6. The summed E-state index contributed by atoms with van der Waals surface area (Å²) in [6, 6.07) is 4.48. The zero-order valence-electron chi connectivity index (χ0n) is 7.11. The van der Waals surface area contributed by atoms with Gasteiger partial charge in [0.2, 0.25) is 5.91 Å². The first-order valence-corrected chi connectivity index (χ1v) is 3.53. The highest BCUT2D eigenvalue weighted by Gasteiger charge is 2.07. The first kappa shape index (κ1) is 9.34. The third-order valence-electron chi connectivity index (χ3n) is 1.58. The lowest BCUT2D eigenvalue weighted by atomic mass is 10.2. The molecule has 0 radical (unpaired) electrons. The van der Waals surface area contributed by atoms with Gasteiger partial charge >= 0.3 is 0 Å². The minimum Gasteiger partial charge on any atom is -0.493 e. The SMILES string of the molecule is COc1cc(C(N)=O)ccc1ON. The van der Waals surface area contributed by atoms with E-state index in [0.717, 1.165) is 0 Å². The van der Waals surface area contributed by atoms with Gasteiger partial charge in [-0.1, -0.05) is 0 Å². The van der Waals surface area contributed by atoms with Crippen LogP contribution in [-0.4, -0.2) is 13.0 Å². The van der Waals surface area contributed by atoms with Crippen LogP contribution in [0, 0.1) is 0 Å². The van der Waals surface area contributed by atoms with Crippen molar-refractivity contribution in [3.8, 4) is 11.5 Å². The number of rotatable bonds is 3. The summed E-state index contributed by atoms with van der Waals surface area (Å²) in [5.74, 6) is 5.16. The van der Waals surface area contributed by atoms with Gasteiger partial charge in [-0.3, -0.25) is 4.79 Å². The van der Waals surface area contributed by atoms with Crippen molar-refractivity contribution in [1.29, 1.82) is 0 Å². The number of primary amides is 1. The zero-order chi connectivity index (χ0) is 9.84. The normalized spacial score (nSPS) is 9.38. The summed E-state index contributed by atoms with van der Waals surface area (Å²) in [5, 5.41) is 0. The summed E-state index contributed by atoms with van der Waals surface area (Å²) >= 11 is 0. The molecule has 0 saturated carbocycles. The number of hydrogen-bond donors (Lipinski definition) is 2. The van der Waals surface area contributed by atoms with Crippen LogP contribution >= 0.6 is 0 Å². The minimum atomic E-state index is -0.526. The van der Waals surface area contributed by atoms with Gasteiger partial charge in [0.1, 0.15) is 0 Å². The zero-order valence-corrected chi connectivity index (χ0v) is 7.11. The fourth-order valence-corrected chi connectivity index (χ4v) is 0.918. The van der Waals surface area contributed by atoms with E-state index < -0.39 is 5.91 Å². The van der Waals surface area contributed by atoms with Crippen molar-refractivity contribution in [2.24, 2.45) is 11.6 Å². The van der Waals surface area contributed by atoms with Gasteiger partial charge in [-0.15, -0.1) is 0 Å². The summed E-state index contributed by atoms with van der Waals surface area (Å²) < 4.78 is 4.91. The van der Waals surface area contributed by atoms with Crippen LogP contribution in [0.1, 0.15) is 10.4 Å². The molecule has 0 aliphatic rings. The van der Waals surface area contributed by atoms with E-state index in [-0.39, 0.29) is 0 Å². The topological polar surface area (TPSA) is 87.6 Å². The Morgan fingerprint density at radius 1 is 1.38 bits per heavy atom. The molecule has 0 saturated heterocycles. The second-order valence-electron chi connectivity index (χ2n) is 2.35. The molecule has 1 aromatic rings. The van der Waals surface area contributed by atoms with Gasteiger partial charge in [-0.05, 0) is 18.2 Å². The van der Waals surface area contributed by atoms with Crippen LogP contribution in [0.4, 0.5) is 0 Å². The highest BCUT2D eigenvalue weighted by Crippen LogP contribution is 2.26. The van der Waals surface area contributed by atoms with E-state index >= 15 is 0 Å². The Bertz CT molecular complexity index is 325. The summed E-state index contributed by atoms with van der Waals surface area (Å²) in [4.78, 5) is 15.3. The molecule has 70 valence electrons. The Hall–Kier alpha value is -1.75. The van der Waals surface area contributed by atoms with Crippen molar-refractivity contribution in [3.05, 3.63) is 23.8 Å². The first-order valence-electron chi connectivity index (χ1n) is 3.53. The second kappa shape index (κ2) is 3.77. The molecule has 5 heteroatoms. The monoisotopic (exact) mass is 182 g/mol. The van der Waals surface area contributed by atoms with Gasteiger partial charge in [0, 0.05) is 5.56 Å². The molecule has 1 amide bonds. The molecule has 0 heterocycles. The third kappa shape index (κ3) is 1.88. The van der Waals surface area contributed by atoms with Crippen LogP contribution in [-0.2, 0) is 0 Å². The number of ether oxygens (including phenoxy) is 1. The average Bonchev–Trinajstić information content (AvgIpc) is 2.16. The molecular weight excluding hydrogens is 172 g/mol. The number of amides is 1. The first-order chi connectivity index (χ1) is 6.19. The molecule has 5 nitrogen and oxygen atoms in total. The van der Waals surface area contributed by atoms with Crippen molar-refractivity contribution < 1.29 is 14.4 Å². The molecule has 4 N–H and O–H groups in total. The predicted molar refractivity (Wildman–Crippen MR) is 46.3 cm³/mol. The summed E-state index contributed by atoms with van der Waals surface area (Å²) in [5.41, 5.74) is 5.41. The van der Waals surface area contributed by atoms with Crippen LogP contribution in [0.15, 0.2) is 18.2 Å². The summed E-state index contributed by atoms with van der Waals surface area (Å²) in [6.07, 6.45) is 0. The molecule has 0 aliphatic carbocycles. The number of methoxy groups -OCH3 is 1. The van der Waals surface area contributed by atoms with Crippen LogP contribution in [0.25, 0.3) is 0 Å². The highest BCUT2D eigenvalue weighted by molar-refractivity contribution is 5.93. The molecular formula is C8H10N2O3. The number of carbonyl (C=O) groups is 1. The maximum absolute atomic E-state index is 10.8. The lowest BCUT2D eigenvalue weighted by molar-refractivity contribution is 0.1000. The fraction of sp³-hybridized carbons (Fsp3) is 0.125. The van der Waals surface area contributed by atoms with E-state index in [2.05, 4.69) is 4.84 Å². The number of carbonyl (C=O) groups excluding carboxylic acids is 1. The van der Waals surface area contributed by atoms with Crippen molar-refractivity contribution in [2.45, 2.75) is 0 Å². The number of hydrogen-bond acceptors (Lipinski definition) is 4. The number of benzene rings is 1. The maximum Gasteiger partial charge on any atom is 0.248 e. The molecule has 0 unspecified atom stereocenters. The summed E-state index contributed by atoms with van der Waals surface area (Å²) in [6.45, 7) is 0. The lowest BCUT2D eigenvalue weighted by Crippen LogP contribution is -2.11. The maximum atomic E-state index is 10.8. The molecule has 0 atom stereocenters. The molecule has 13 heavy (non-hydrogen) atoms. The van der Waals surface area contributed by atoms with Gasteiger partial charge in [0.15, 0.2) is 11.5 Å². The van der Waals surface area contributed by atoms with E-state index in [1.165, 1.54) is 25.3 Å². The van der Waals surface area contributed by atoms with Crippen LogP contribution in [0.2, 0.25) is 0 Å². The molecule has 0 aromatic heterocycles. The standard InChI is InChI=1S/C8H10N2O3/c1-12-7-4-5(8(9)11)2-3-6(7)13-10/h2-4H,10H2,1H3,(H2,9,11). The van der Waals surface area contributed by atoms with Crippen LogP contribution < -0.4 is 21.2 Å². The molecule has 0 aliphatic heterocycles. The van der Waals surface area contributed by atoms with Crippen molar-refractivity contribution in [1.82, 2.24) is 0 Å².